The van der Waals surface area contributed by atoms with Gasteiger partial charge in [-0.25, -0.2) is 4.79 Å². The van der Waals surface area contributed by atoms with E-state index in [2.05, 4.69) is 5.32 Å². The molecular formula is C15H16F3NO3S. The van der Waals surface area contributed by atoms with Crippen LogP contribution in [0.25, 0.3) is 0 Å². The summed E-state index contributed by atoms with van der Waals surface area (Å²) in [5, 5.41) is 3.05. The highest BCUT2D eigenvalue weighted by atomic mass is 32.1. The Kier molecular flexibility index (Phi) is 5.46. The number of aryl methyl sites for hydroxylation is 1. The van der Waals surface area contributed by atoms with Gasteiger partial charge in [0.1, 0.15) is 5.00 Å². The smallest absolute Gasteiger partial charge is 0.454 e. The van der Waals surface area contributed by atoms with Crippen LogP contribution < -0.4 is 5.32 Å². The van der Waals surface area contributed by atoms with Crippen LogP contribution in [0.4, 0.5) is 18.2 Å². The van der Waals surface area contributed by atoms with E-state index >= 15 is 0 Å². The third kappa shape index (κ3) is 4.13. The van der Waals surface area contributed by atoms with Crippen molar-refractivity contribution in [2.45, 2.75) is 38.8 Å². The maximum Gasteiger partial charge on any atom is 0.454 e. The molecule has 8 heteroatoms. The highest BCUT2D eigenvalue weighted by Gasteiger charge is 2.36. The lowest BCUT2D eigenvalue weighted by Gasteiger charge is -2.12. The number of hydrogen-bond donors (Lipinski definition) is 1. The van der Waals surface area contributed by atoms with Crippen molar-refractivity contribution in [2.24, 2.45) is 0 Å². The molecule has 1 aliphatic rings. The van der Waals surface area contributed by atoms with Crippen molar-refractivity contribution < 1.29 is 27.5 Å². The second kappa shape index (κ2) is 7.16. The lowest BCUT2D eigenvalue weighted by Crippen LogP contribution is -2.20. The van der Waals surface area contributed by atoms with Crippen molar-refractivity contribution in [2.75, 3.05) is 11.9 Å². The first-order valence-corrected chi connectivity index (χ1v) is 8.02. The molecule has 0 spiro atoms. The van der Waals surface area contributed by atoms with Crippen LogP contribution in [0.2, 0.25) is 0 Å². The number of thiophene rings is 1. The molecule has 1 aliphatic carbocycles. The summed E-state index contributed by atoms with van der Waals surface area (Å²) in [7, 11) is 0. The molecule has 126 valence electrons. The molecule has 1 heterocycles. The highest BCUT2D eigenvalue weighted by Crippen LogP contribution is 2.38. The molecule has 0 unspecified atom stereocenters. The summed E-state index contributed by atoms with van der Waals surface area (Å²) < 4.78 is 41.5. The van der Waals surface area contributed by atoms with Gasteiger partial charge < -0.3 is 10.1 Å². The molecule has 1 N–H and O–H groups in total. The Labute approximate surface area is 135 Å². The molecule has 1 aromatic rings. The number of esters is 1. The van der Waals surface area contributed by atoms with Gasteiger partial charge in [0.25, 0.3) is 5.78 Å². The van der Waals surface area contributed by atoms with Gasteiger partial charge in [0, 0.05) is 17.2 Å². The number of carbonyl (C=O) groups excluding carboxylic acids is 2. The number of hydrogen-bond acceptors (Lipinski definition) is 5. The van der Waals surface area contributed by atoms with Crippen molar-refractivity contribution in [3.05, 3.63) is 28.3 Å². The zero-order valence-corrected chi connectivity index (χ0v) is 13.3. The van der Waals surface area contributed by atoms with Crippen LogP contribution in [-0.2, 0) is 22.4 Å². The van der Waals surface area contributed by atoms with Crippen molar-refractivity contribution in [3.8, 4) is 0 Å². The van der Waals surface area contributed by atoms with Crippen LogP contribution in [-0.4, -0.2) is 24.5 Å². The molecule has 0 aromatic carbocycles. The zero-order valence-electron chi connectivity index (χ0n) is 12.5. The number of fused-ring (bicyclic) bond motifs is 1. The molecule has 1 aromatic heterocycles. The van der Waals surface area contributed by atoms with Crippen LogP contribution in [0, 0.1) is 0 Å². The van der Waals surface area contributed by atoms with E-state index in [4.69, 9.17) is 4.74 Å². The summed E-state index contributed by atoms with van der Waals surface area (Å²) in [4.78, 5) is 24.0. The van der Waals surface area contributed by atoms with E-state index in [0.717, 1.165) is 42.3 Å². The lowest BCUT2D eigenvalue weighted by atomic mass is 9.95. The number of ketones is 1. The number of allylic oxidation sites excluding steroid dienone is 1. The van der Waals surface area contributed by atoms with Gasteiger partial charge in [-0.15, -0.1) is 11.3 Å². The van der Waals surface area contributed by atoms with Crippen LogP contribution in [0.15, 0.2) is 12.3 Å². The first kappa shape index (κ1) is 17.5. The first-order valence-electron chi connectivity index (χ1n) is 7.20. The summed E-state index contributed by atoms with van der Waals surface area (Å²) in [5.74, 6) is -2.45. The average molecular weight is 347 g/mol. The van der Waals surface area contributed by atoms with E-state index in [-0.39, 0.29) is 6.61 Å². The molecule has 0 bridgehead atoms. The summed E-state index contributed by atoms with van der Waals surface area (Å²) in [5.41, 5.74) is 1.27. The van der Waals surface area contributed by atoms with Gasteiger partial charge in [-0.05, 0) is 38.2 Å². The van der Waals surface area contributed by atoms with Crippen LogP contribution in [0.1, 0.15) is 40.6 Å². The molecular weight excluding hydrogens is 331 g/mol. The molecule has 0 fully saturated rings. The number of anilines is 1. The monoisotopic (exact) mass is 347 g/mol. The van der Waals surface area contributed by atoms with Gasteiger partial charge in [-0.1, -0.05) is 0 Å². The Balaban J connectivity index is 2.24. The van der Waals surface area contributed by atoms with E-state index < -0.39 is 17.9 Å². The molecule has 0 aliphatic heterocycles. The van der Waals surface area contributed by atoms with Crippen molar-refractivity contribution in [3.63, 3.8) is 0 Å². The second-order valence-electron chi connectivity index (χ2n) is 4.98. The summed E-state index contributed by atoms with van der Waals surface area (Å²) in [6, 6.07) is 0. The maximum atomic E-state index is 12.2. The van der Waals surface area contributed by atoms with Gasteiger partial charge in [-0.3, -0.25) is 4.79 Å². The van der Waals surface area contributed by atoms with E-state index in [1.165, 1.54) is 11.3 Å². The number of carbonyl (C=O) groups is 2. The normalized spacial score (nSPS) is 14.6. The van der Waals surface area contributed by atoms with Crippen LogP contribution in [0.3, 0.4) is 0 Å². The topological polar surface area (TPSA) is 55.4 Å². The minimum atomic E-state index is -4.91. The fourth-order valence-corrected chi connectivity index (χ4v) is 3.63. The SMILES string of the molecule is CCOC(=O)c1c(N/C=C/C(=O)C(F)(F)F)sc2c1CCCC2. The minimum Gasteiger partial charge on any atom is -0.462 e. The quantitative estimate of drug-likeness (QED) is 0.649. The van der Waals surface area contributed by atoms with Crippen molar-refractivity contribution >= 4 is 28.1 Å². The second-order valence-corrected chi connectivity index (χ2v) is 6.08. The number of nitrogens with one attached hydrogen (secondary N) is 1. The molecule has 0 radical (unpaired) electrons. The Morgan fingerprint density at radius 2 is 2.00 bits per heavy atom. The molecule has 4 nitrogen and oxygen atoms in total. The molecule has 0 atom stereocenters. The van der Waals surface area contributed by atoms with Crippen molar-refractivity contribution in [1.29, 1.82) is 0 Å². The molecule has 0 saturated heterocycles. The van der Waals surface area contributed by atoms with Gasteiger partial charge in [0.2, 0.25) is 0 Å². The summed E-state index contributed by atoms with van der Waals surface area (Å²) in [6.45, 7) is 1.90. The van der Waals surface area contributed by atoms with Gasteiger partial charge >= 0.3 is 12.1 Å². The Bertz CT molecular complexity index is 635. The largest absolute Gasteiger partial charge is 0.462 e. The van der Waals surface area contributed by atoms with E-state index in [1.54, 1.807) is 6.92 Å². The summed E-state index contributed by atoms with van der Waals surface area (Å²) >= 11 is 1.32. The standard InChI is InChI=1S/C15H16F3NO3S/c1-2-22-14(21)12-9-5-3-4-6-10(9)23-13(12)19-8-7-11(20)15(16,17)18/h7-8,19H,2-6H2,1H3/b8-7+. The van der Waals surface area contributed by atoms with Crippen LogP contribution >= 0.6 is 11.3 Å². The number of rotatable bonds is 5. The average Bonchev–Trinajstić information content (AvgIpc) is 2.84. The van der Waals surface area contributed by atoms with Gasteiger partial charge in [0.05, 0.1) is 12.2 Å². The zero-order chi connectivity index (χ0) is 17.0. The summed E-state index contributed by atoms with van der Waals surface area (Å²) in [6.07, 6.45) is -0.0396. The van der Waals surface area contributed by atoms with E-state index in [9.17, 15) is 22.8 Å². The van der Waals surface area contributed by atoms with E-state index in [1.807, 2.05) is 0 Å². The highest BCUT2D eigenvalue weighted by molar-refractivity contribution is 7.16. The fourth-order valence-electron chi connectivity index (χ4n) is 2.37. The third-order valence-electron chi connectivity index (χ3n) is 3.38. The molecule has 0 saturated carbocycles. The number of ether oxygens (including phenoxy) is 1. The van der Waals surface area contributed by atoms with Gasteiger partial charge in [0.15, 0.2) is 0 Å². The minimum absolute atomic E-state index is 0.214. The van der Waals surface area contributed by atoms with Crippen molar-refractivity contribution in [1.82, 2.24) is 0 Å². The maximum absolute atomic E-state index is 12.2. The van der Waals surface area contributed by atoms with Crippen LogP contribution in [0.5, 0.6) is 0 Å². The predicted octanol–water partition coefficient (Wildman–Crippen LogP) is 3.86. The Morgan fingerprint density at radius 3 is 2.65 bits per heavy atom. The fraction of sp³-hybridized carbons (Fsp3) is 0.467. The first-order chi connectivity index (χ1) is 10.8. The molecule has 23 heavy (non-hydrogen) atoms. The number of alkyl halides is 3. The predicted molar refractivity (Wildman–Crippen MR) is 80.7 cm³/mol. The van der Waals surface area contributed by atoms with E-state index in [0.29, 0.717) is 16.6 Å². The lowest BCUT2D eigenvalue weighted by molar-refractivity contribution is -0.165. The van der Waals surface area contributed by atoms with Gasteiger partial charge in [-0.2, -0.15) is 13.2 Å². The molecule has 0 amide bonds. The third-order valence-corrected chi connectivity index (χ3v) is 4.60. The molecule has 2 rings (SSSR count). The Hall–Kier alpha value is -1.83. The Morgan fingerprint density at radius 1 is 1.30 bits per heavy atom. The number of halogens is 3.